The fourth-order valence-electron chi connectivity index (χ4n) is 2.91. The van der Waals surface area contributed by atoms with E-state index >= 15 is 0 Å². The van der Waals surface area contributed by atoms with Gasteiger partial charge >= 0.3 is 0 Å². The van der Waals surface area contributed by atoms with Crippen LogP contribution in [0.2, 0.25) is 0 Å². The van der Waals surface area contributed by atoms with Crippen LogP contribution < -0.4 is 10.1 Å². The molecular formula is C23H16FNO4. The fourth-order valence-corrected chi connectivity index (χ4v) is 2.91. The number of carbonyl (C=O) groups excluding carboxylic acids is 2. The lowest BCUT2D eigenvalue weighted by molar-refractivity contribution is -0.118. The number of carbonyl (C=O) groups is 2. The van der Waals surface area contributed by atoms with Gasteiger partial charge in [0.05, 0.1) is 5.69 Å². The monoisotopic (exact) mass is 389 g/mol. The van der Waals surface area contributed by atoms with Gasteiger partial charge in [0, 0.05) is 10.9 Å². The molecule has 4 rings (SSSR count). The number of hydrogen-bond donors (Lipinski definition) is 1. The number of halogens is 1. The number of rotatable bonds is 6. The van der Waals surface area contributed by atoms with Crippen LogP contribution >= 0.6 is 0 Å². The van der Waals surface area contributed by atoms with Crippen molar-refractivity contribution in [3.05, 3.63) is 96.0 Å². The number of nitrogens with one attached hydrogen (secondary N) is 1. The predicted octanol–water partition coefficient (Wildman–Crippen LogP) is 4.82. The maximum absolute atomic E-state index is 13.0. The van der Waals surface area contributed by atoms with Crippen molar-refractivity contribution in [2.45, 2.75) is 0 Å². The normalized spacial score (nSPS) is 10.7. The topological polar surface area (TPSA) is 68.5 Å². The molecule has 0 atom stereocenters. The van der Waals surface area contributed by atoms with Gasteiger partial charge in [-0.25, -0.2) is 4.39 Å². The largest absolute Gasteiger partial charge is 0.484 e. The second-order valence-electron chi connectivity index (χ2n) is 6.29. The predicted molar refractivity (Wildman–Crippen MR) is 107 cm³/mol. The van der Waals surface area contributed by atoms with Gasteiger partial charge < -0.3 is 14.5 Å². The molecule has 6 heteroatoms. The molecule has 0 saturated carbocycles. The van der Waals surface area contributed by atoms with Crippen LogP contribution in [0.1, 0.15) is 16.1 Å². The van der Waals surface area contributed by atoms with Crippen molar-refractivity contribution in [1.82, 2.24) is 0 Å². The van der Waals surface area contributed by atoms with Gasteiger partial charge in [-0.1, -0.05) is 42.5 Å². The molecule has 0 aliphatic carbocycles. The van der Waals surface area contributed by atoms with Crippen molar-refractivity contribution >= 4 is 28.3 Å². The van der Waals surface area contributed by atoms with Crippen LogP contribution in [0.4, 0.5) is 10.1 Å². The van der Waals surface area contributed by atoms with Gasteiger partial charge in [0.2, 0.25) is 5.78 Å². The highest BCUT2D eigenvalue weighted by atomic mass is 19.1. The first-order chi connectivity index (χ1) is 14.1. The van der Waals surface area contributed by atoms with E-state index in [1.165, 1.54) is 24.3 Å². The second kappa shape index (κ2) is 7.98. The summed E-state index contributed by atoms with van der Waals surface area (Å²) >= 11 is 0. The molecule has 1 aromatic heterocycles. The maximum atomic E-state index is 13.0. The molecule has 0 bridgehead atoms. The zero-order chi connectivity index (χ0) is 20.2. The zero-order valence-electron chi connectivity index (χ0n) is 15.2. The highest BCUT2D eigenvalue weighted by Crippen LogP contribution is 2.32. The first-order valence-electron chi connectivity index (χ1n) is 8.91. The molecule has 0 unspecified atom stereocenters. The Bertz CT molecular complexity index is 1170. The maximum Gasteiger partial charge on any atom is 0.262 e. The van der Waals surface area contributed by atoms with Gasteiger partial charge in [-0.15, -0.1) is 0 Å². The van der Waals surface area contributed by atoms with Crippen LogP contribution in [0.25, 0.3) is 11.0 Å². The highest BCUT2D eigenvalue weighted by molar-refractivity contribution is 6.17. The summed E-state index contributed by atoms with van der Waals surface area (Å²) in [5.41, 5.74) is 1.23. The number of ketones is 1. The van der Waals surface area contributed by atoms with E-state index in [-0.39, 0.29) is 18.2 Å². The smallest absolute Gasteiger partial charge is 0.262 e. The van der Waals surface area contributed by atoms with E-state index < -0.39 is 11.7 Å². The lowest BCUT2D eigenvalue weighted by Crippen LogP contribution is -2.21. The number of anilines is 1. The van der Waals surface area contributed by atoms with Gasteiger partial charge in [0.1, 0.15) is 17.1 Å². The van der Waals surface area contributed by atoms with E-state index in [0.717, 1.165) is 0 Å². The van der Waals surface area contributed by atoms with Gasteiger partial charge in [0.25, 0.3) is 5.91 Å². The summed E-state index contributed by atoms with van der Waals surface area (Å²) in [5.74, 6) is -0.790. The Hall–Kier alpha value is -3.93. The first kappa shape index (κ1) is 18.4. The van der Waals surface area contributed by atoms with Crippen molar-refractivity contribution in [2.24, 2.45) is 0 Å². The molecule has 1 heterocycles. The van der Waals surface area contributed by atoms with Gasteiger partial charge in [-0.2, -0.15) is 0 Å². The molecule has 0 radical (unpaired) electrons. The minimum absolute atomic E-state index is 0.0486. The third kappa shape index (κ3) is 4.01. The Morgan fingerprint density at radius 1 is 0.897 bits per heavy atom. The van der Waals surface area contributed by atoms with Crippen LogP contribution in [0, 0.1) is 5.82 Å². The number of hydrogen-bond acceptors (Lipinski definition) is 4. The van der Waals surface area contributed by atoms with E-state index in [2.05, 4.69) is 5.32 Å². The Morgan fingerprint density at radius 3 is 2.34 bits per heavy atom. The van der Waals surface area contributed by atoms with Gasteiger partial charge in [-0.05, 0) is 36.4 Å². The molecule has 0 spiro atoms. The number of ether oxygens (including phenoxy) is 1. The minimum Gasteiger partial charge on any atom is -0.484 e. The number of benzene rings is 3. The standard InChI is InChI=1S/C23H16FNO4/c24-16-10-12-17(13-11-16)28-14-20(26)25-21-18-8-4-5-9-19(18)29-23(21)22(27)15-6-2-1-3-7-15/h1-13H,14H2,(H,25,26). The van der Waals surface area contributed by atoms with Crippen molar-refractivity contribution in [2.75, 3.05) is 11.9 Å². The summed E-state index contributed by atoms with van der Waals surface area (Å²) in [4.78, 5) is 25.4. The van der Waals surface area contributed by atoms with E-state index in [0.29, 0.717) is 28.0 Å². The third-order valence-electron chi connectivity index (χ3n) is 4.29. The molecule has 3 aromatic carbocycles. The molecule has 29 heavy (non-hydrogen) atoms. The first-order valence-corrected chi connectivity index (χ1v) is 8.91. The third-order valence-corrected chi connectivity index (χ3v) is 4.29. The van der Waals surface area contributed by atoms with Crippen LogP contribution in [0.3, 0.4) is 0 Å². The van der Waals surface area contributed by atoms with Crippen LogP contribution in [0.5, 0.6) is 5.75 Å². The summed E-state index contributed by atoms with van der Waals surface area (Å²) in [5, 5.41) is 3.33. The summed E-state index contributed by atoms with van der Waals surface area (Å²) in [6.45, 7) is -0.301. The van der Waals surface area contributed by atoms with Crippen molar-refractivity contribution in [3.8, 4) is 5.75 Å². The summed E-state index contributed by atoms with van der Waals surface area (Å²) in [6, 6.07) is 21.1. The molecule has 1 N–H and O–H groups in total. The highest BCUT2D eigenvalue weighted by Gasteiger charge is 2.23. The Labute approximate surface area is 165 Å². The summed E-state index contributed by atoms with van der Waals surface area (Å²) in [7, 11) is 0. The minimum atomic E-state index is -0.469. The number of amides is 1. The lowest BCUT2D eigenvalue weighted by Gasteiger charge is -2.08. The average Bonchev–Trinajstić information content (AvgIpc) is 3.12. The molecular weight excluding hydrogens is 373 g/mol. The quantitative estimate of drug-likeness (QED) is 0.480. The number of para-hydroxylation sites is 1. The average molecular weight is 389 g/mol. The van der Waals surface area contributed by atoms with Crippen LogP contribution in [-0.2, 0) is 4.79 Å². The molecule has 0 aliphatic rings. The van der Waals surface area contributed by atoms with Crippen LogP contribution in [-0.4, -0.2) is 18.3 Å². The molecule has 144 valence electrons. The summed E-state index contributed by atoms with van der Waals surface area (Å²) in [6.07, 6.45) is 0. The van der Waals surface area contributed by atoms with Crippen molar-refractivity contribution in [3.63, 3.8) is 0 Å². The molecule has 0 fully saturated rings. The number of fused-ring (bicyclic) bond motifs is 1. The number of furan rings is 1. The Balaban J connectivity index is 1.59. The van der Waals surface area contributed by atoms with Crippen molar-refractivity contribution in [1.29, 1.82) is 0 Å². The second-order valence-corrected chi connectivity index (χ2v) is 6.29. The van der Waals surface area contributed by atoms with E-state index in [4.69, 9.17) is 9.15 Å². The lowest BCUT2D eigenvalue weighted by atomic mass is 10.1. The molecule has 0 aliphatic heterocycles. The fraction of sp³-hybridized carbons (Fsp3) is 0.0435. The van der Waals surface area contributed by atoms with E-state index in [1.54, 1.807) is 48.5 Å². The van der Waals surface area contributed by atoms with Crippen LogP contribution in [0.15, 0.2) is 83.3 Å². The Morgan fingerprint density at radius 2 is 1.59 bits per heavy atom. The molecule has 4 aromatic rings. The van der Waals surface area contributed by atoms with Crippen molar-refractivity contribution < 1.29 is 23.1 Å². The summed E-state index contributed by atoms with van der Waals surface area (Å²) < 4.78 is 24.1. The van der Waals surface area contributed by atoms with E-state index in [9.17, 15) is 14.0 Å². The van der Waals surface area contributed by atoms with Gasteiger partial charge in [0.15, 0.2) is 12.4 Å². The Kier molecular flexibility index (Phi) is 5.07. The SMILES string of the molecule is O=C(COc1ccc(F)cc1)Nc1c(C(=O)c2ccccc2)oc2ccccc12. The molecule has 1 amide bonds. The molecule has 5 nitrogen and oxygen atoms in total. The molecule has 0 saturated heterocycles. The van der Waals surface area contributed by atoms with E-state index in [1.807, 2.05) is 6.07 Å². The van der Waals surface area contributed by atoms with Gasteiger partial charge in [-0.3, -0.25) is 9.59 Å². The zero-order valence-corrected chi connectivity index (χ0v) is 15.2.